The standard InChI is InChI=1S/C4H6O4S2.Tc/c5-3(6)1(9)2(10)4(7)8;/h1-2,9-10H,(H,5,6)(H,7,8);/t1-,2+;. The molecule has 0 aromatic carbocycles. The van der Waals surface area contributed by atoms with Gasteiger partial charge in [0.1, 0.15) is 10.5 Å². The molecule has 4 nitrogen and oxygen atoms in total. The molecule has 0 aromatic heterocycles. The zero-order valence-electron chi connectivity index (χ0n) is 5.14. The Labute approximate surface area is 87.5 Å². The van der Waals surface area contributed by atoms with Crippen LogP contribution < -0.4 is 0 Å². The number of carboxylic acids is 2. The van der Waals surface area contributed by atoms with Crippen molar-refractivity contribution in [1.29, 1.82) is 0 Å². The van der Waals surface area contributed by atoms with E-state index < -0.39 is 22.4 Å². The SMILES string of the molecule is O=C(O)[C@@H](S)[C@@H](S)C(=O)O.[Tc]. The summed E-state index contributed by atoms with van der Waals surface area (Å²) in [4.78, 5) is 20.1. The number of hydrogen-bond donors (Lipinski definition) is 4. The van der Waals surface area contributed by atoms with Crippen molar-refractivity contribution in [3.05, 3.63) is 0 Å². The average molecular weight is 280 g/mol. The molecule has 0 aliphatic carbocycles. The second-order valence-electron chi connectivity index (χ2n) is 1.57. The zero-order valence-corrected chi connectivity index (χ0v) is 8.78. The van der Waals surface area contributed by atoms with Crippen molar-refractivity contribution in [3.63, 3.8) is 0 Å². The van der Waals surface area contributed by atoms with Gasteiger partial charge in [0.25, 0.3) is 0 Å². The third-order valence-electron chi connectivity index (χ3n) is 0.805. The Balaban J connectivity index is 0. The summed E-state index contributed by atoms with van der Waals surface area (Å²) in [5.74, 6) is -2.57. The fourth-order valence-electron chi connectivity index (χ4n) is 0.270. The Morgan fingerprint density at radius 3 is 1.27 bits per heavy atom. The molecule has 65 valence electrons. The van der Waals surface area contributed by atoms with E-state index in [9.17, 15) is 9.59 Å². The van der Waals surface area contributed by atoms with E-state index >= 15 is 0 Å². The molecule has 2 atom stereocenters. The van der Waals surface area contributed by atoms with Crippen molar-refractivity contribution in [2.24, 2.45) is 0 Å². The van der Waals surface area contributed by atoms with Crippen molar-refractivity contribution in [2.45, 2.75) is 10.5 Å². The van der Waals surface area contributed by atoms with Crippen molar-refractivity contribution in [2.75, 3.05) is 0 Å². The fourth-order valence-corrected chi connectivity index (χ4v) is 0.525. The summed E-state index contributed by atoms with van der Waals surface area (Å²) >= 11 is 7.00. The van der Waals surface area contributed by atoms with Crippen LogP contribution >= 0.6 is 25.3 Å². The first-order valence-corrected chi connectivity index (χ1v) is 3.32. The van der Waals surface area contributed by atoms with Gasteiger partial charge in [-0.1, -0.05) is 0 Å². The fraction of sp³-hybridized carbons (Fsp3) is 0.500. The predicted molar refractivity (Wildman–Crippen MR) is 40.8 cm³/mol. The molecule has 0 fully saturated rings. The second kappa shape index (κ2) is 5.88. The molecule has 7 heteroatoms. The Hall–Kier alpha value is 0.289. The van der Waals surface area contributed by atoms with E-state index in [-0.39, 0.29) is 20.1 Å². The minimum absolute atomic E-state index is 0. The summed E-state index contributed by atoms with van der Waals surface area (Å²) in [6, 6.07) is 0. The number of carboxylic acid groups (broad SMARTS) is 2. The third-order valence-corrected chi connectivity index (χ3v) is 2.08. The maximum absolute atomic E-state index is 10.1. The maximum atomic E-state index is 10.1. The summed E-state index contributed by atoms with van der Waals surface area (Å²) in [6.07, 6.45) is 0. The summed E-state index contributed by atoms with van der Waals surface area (Å²) in [7, 11) is 0. The predicted octanol–water partition coefficient (Wildman–Crippen LogP) is -0.250. The van der Waals surface area contributed by atoms with Gasteiger partial charge in [-0.3, -0.25) is 9.59 Å². The molecule has 0 saturated carbocycles. The van der Waals surface area contributed by atoms with Crippen LogP contribution in [-0.2, 0) is 29.7 Å². The maximum Gasteiger partial charge on any atom is 0.318 e. The Morgan fingerprint density at radius 1 is 1.00 bits per heavy atom. The van der Waals surface area contributed by atoms with Gasteiger partial charge in [-0.05, 0) is 0 Å². The van der Waals surface area contributed by atoms with Crippen molar-refractivity contribution in [3.8, 4) is 0 Å². The largest absolute Gasteiger partial charge is 0.480 e. The number of aliphatic carboxylic acids is 2. The van der Waals surface area contributed by atoms with Gasteiger partial charge in [-0.15, -0.1) is 0 Å². The van der Waals surface area contributed by atoms with E-state index in [4.69, 9.17) is 10.2 Å². The molecule has 0 aliphatic rings. The minimum Gasteiger partial charge on any atom is -0.480 e. The Kier molecular flexibility index (Phi) is 7.40. The Bertz CT molecular complexity index is 144. The topological polar surface area (TPSA) is 74.6 Å². The van der Waals surface area contributed by atoms with Gasteiger partial charge >= 0.3 is 11.9 Å². The second-order valence-corrected chi connectivity index (χ2v) is 2.68. The van der Waals surface area contributed by atoms with Crippen LogP contribution in [0.25, 0.3) is 0 Å². The zero-order chi connectivity index (χ0) is 8.31. The molecule has 0 unspecified atom stereocenters. The first-order chi connectivity index (χ1) is 4.46. The average Bonchev–Trinajstić information content (AvgIpc) is 1.84. The van der Waals surface area contributed by atoms with Crippen LogP contribution in [0.3, 0.4) is 0 Å². The van der Waals surface area contributed by atoms with Gasteiger partial charge < -0.3 is 10.2 Å². The van der Waals surface area contributed by atoms with Gasteiger partial charge in [-0.25, -0.2) is 0 Å². The molecular weight excluding hydrogens is 274 g/mol. The van der Waals surface area contributed by atoms with E-state index in [1.54, 1.807) is 0 Å². The Morgan fingerprint density at radius 2 is 1.18 bits per heavy atom. The third kappa shape index (κ3) is 4.68. The van der Waals surface area contributed by atoms with Crippen molar-refractivity contribution < 1.29 is 39.9 Å². The van der Waals surface area contributed by atoms with Gasteiger partial charge in [0.05, 0.1) is 0 Å². The monoisotopic (exact) mass is 279 g/mol. The molecule has 0 aromatic rings. The molecule has 2 N–H and O–H groups in total. The molecule has 1 radical (unpaired) electrons. The number of carbonyl (C=O) groups is 2. The van der Waals surface area contributed by atoms with Crippen LogP contribution in [0.15, 0.2) is 0 Å². The van der Waals surface area contributed by atoms with Gasteiger partial charge in [0.2, 0.25) is 0 Å². The summed E-state index contributed by atoms with van der Waals surface area (Å²) in [5, 5.41) is 13.9. The van der Waals surface area contributed by atoms with Gasteiger partial charge in [-0.2, -0.15) is 25.3 Å². The molecule has 0 amide bonds. The van der Waals surface area contributed by atoms with E-state index in [1.165, 1.54) is 0 Å². The van der Waals surface area contributed by atoms with Crippen LogP contribution in [-0.4, -0.2) is 32.7 Å². The quantitative estimate of drug-likeness (QED) is 0.538. The van der Waals surface area contributed by atoms with Crippen molar-refractivity contribution >= 4 is 37.2 Å². The van der Waals surface area contributed by atoms with Crippen LogP contribution in [0.2, 0.25) is 0 Å². The summed E-state index contributed by atoms with van der Waals surface area (Å²) in [5.41, 5.74) is 0. The van der Waals surface area contributed by atoms with Crippen LogP contribution in [0.5, 0.6) is 0 Å². The first-order valence-electron chi connectivity index (χ1n) is 2.28. The molecule has 0 bridgehead atoms. The van der Waals surface area contributed by atoms with Crippen LogP contribution in [0.4, 0.5) is 0 Å². The van der Waals surface area contributed by atoms with Crippen molar-refractivity contribution in [1.82, 2.24) is 0 Å². The van der Waals surface area contributed by atoms with Crippen LogP contribution in [0.1, 0.15) is 0 Å². The van der Waals surface area contributed by atoms with E-state index in [1.807, 2.05) is 0 Å². The minimum atomic E-state index is -1.29. The normalized spacial score (nSPS) is 14.4. The number of thiol groups is 2. The molecule has 0 aliphatic heterocycles. The smallest absolute Gasteiger partial charge is 0.318 e. The molecule has 0 heterocycles. The first kappa shape index (κ1) is 13.9. The number of hydrogen-bond acceptors (Lipinski definition) is 4. The van der Waals surface area contributed by atoms with Gasteiger partial charge in [0.15, 0.2) is 0 Å². The number of rotatable bonds is 3. The summed E-state index contributed by atoms with van der Waals surface area (Å²) in [6.45, 7) is 0. The molecule has 0 saturated heterocycles. The molecule has 11 heavy (non-hydrogen) atoms. The van der Waals surface area contributed by atoms with E-state index in [2.05, 4.69) is 25.3 Å². The van der Waals surface area contributed by atoms with Gasteiger partial charge in [0, 0.05) is 20.1 Å². The molecule has 0 spiro atoms. The molecule has 0 rings (SSSR count). The van der Waals surface area contributed by atoms with E-state index in [0.717, 1.165) is 0 Å². The van der Waals surface area contributed by atoms with E-state index in [0.29, 0.717) is 0 Å². The van der Waals surface area contributed by atoms with Crippen LogP contribution in [0, 0.1) is 0 Å². The summed E-state index contributed by atoms with van der Waals surface area (Å²) < 4.78 is 0. The molecular formula is C4H6O4S2Tc.